The second-order valence-electron chi connectivity index (χ2n) is 4.59. The van der Waals surface area contributed by atoms with E-state index in [2.05, 4.69) is 18.7 Å². The van der Waals surface area contributed by atoms with Crippen LogP contribution in [0.3, 0.4) is 0 Å². The third-order valence-electron chi connectivity index (χ3n) is 2.10. The van der Waals surface area contributed by atoms with Crippen molar-refractivity contribution in [2.75, 3.05) is 13.1 Å². The molecule has 0 saturated heterocycles. The van der Waals surface area contributed by atoms with E-state index < -0.39 is 5.60 Å². The summed E-state index contributed by atoms with van der Waals surface area (Å²) in [5, 5.41) is 9.59. The van der Waals surface area contributed by atoms with Crippen molar-refractivity contribution < 1.29 is 5.11 Å². The van der Waals surface area contributed by atoms with E-state index in [9.17, 15) is 5.11 Å². The molecule has 0 aromatic heterocycles. The van der Waals surface area contributed by atoms with Gasteiger partial charge in [-0.25, -0.2) is 0 Å². The molecule has 0 atom stereocenters. The summed E-state index contributed by atoms with van der Waals surface area (Å²) in [4.78, 5) is 2.68. The summed E-state index contributed by atoms with van der Waals surface area (Å²) in [6.45, 7) is 9.27. The lowest BCUT2D eigenvalue weighted by molar-refractivity contribution is 0.0559. The highest BCUT2D eigenvalue weighted by Crippen LogP contribution is 2.10. The maximum absolute atomic E-state index is 9.59. The molecule has 14 heavy (non-hydrogen) atoms. The van der Waals surface area contributed by atoms with Gasteiger partial charge in [0.25, 0.3) is 0 Å². The SMILES string of the molecule is CC(C)N(CCC(C)(C)O)CC(N)=S. The van der Waals surface area contributed by atoms with Crippen LogP contribution in [0.1, 0.15) is 34.1 Å². The lowest BCUT2D eigenvalue weighted by atomic mass is 10.1. The van der Waals surface area contributed by atoms with Crippen molar-refractivity contribution in [3.05, 3.63) is 0 Å². The molecule has 4 heteroatoms. The highest BCUT2D eigenvalue weighted by molar-refractivity contribution is 7.80. The minimum Gasteiger partial charge on any atom is -0.392 e. The van der Waals surface area contributed by atoms with Gasteiger partial charge in [-0.3, -0.25) is 4.90 Å². The van der Waals surface area contributed by atoms with Gasteiger partial charge in [0.2, 0.25) is 0 Å². The van der Waals surface area contributed by atoms with Gasteiger partial charge < -0.3 is 10.8 Å². The molecule has 0 radical (unpaired) electrons. The first-order valence-electron chi connectivity index (χ1n) is 4.97. The van der Waals surface area contributed by atoms with Gasteiger partial charge in [0.1, 0.15) is 0 Å². The summed E-state index contributed by atoms with van der Waals surface area (Å²) in [5.41, 5.74) is 4.88. The summed E-state index contributed by atoms with van der Waals surface area (Å²) in [6, 6.07) is 0.402. The van der Waals surface area contributed by atoms with Crippen molar-refractivity contribution in [1.82, 2.24) is 4.90 Å². The predicted octanol–water partition coefficient (Wildman–Crippen LogP) is 1.14. The van der Waals surface area contributed by atoms with Gasteiger partial charge in [0.05, 0.1) is 10.6 Å². The summed E-state index contributed by atoms with van der Waals surface area (Å²) in [7, 11) is 0. The molecule has 84 valence electrons. The van der Waals surface area contributed by atoms with E-state index in [-0.39, 0.29) is 0 Å². The van der Waals surface area contributed by atoms with Crippen LogP contribution in [-0.4, -0.2) is 39.7 Å². The smallest absolute Gasteiger partial charge is 0.0870 e. The number of thiocarbonyl (C=S) groups is 1. The monoisotopic (exact) mass is 218 g/mol. The van der Waals surface area contributed by atoms with Crippen LogP contribution in [-0.2, 0) is 0 Å². The summed E-state index contributed by atoms with van der Waals surface area (Å²) in [6.07, 6.45) is 0.730. The third kappa shape index (κ3) is 7.24. The molecule has 0 aliphatic rings. The number of rotatable bonds is 6. The Kier molecular flexibility index (Phi) is 5.56. The average Bonchev–Trinajstić information content (AvgIpc) is 1.94. The van der Waals surface area contributed by atoms with Crippen LogP contribution >= 0.6 is 12.2 Å². The Balaban J connectivity index is 4.04. The van der Waals surface area contributed by atoms with Crippen LogP contribution in [0.5, 0.6) is 0 Å². The zero-order chi connectivity index (χ0) is 11.4. The Hall–Kier alpha value is -0.190. The number of nitrogens with two attached hydrogens (primary N) is 1. The van der Waals surface area contributed by atoms with Crippen LogP contribution < -0.4 is 5.73 Å². The minimum atomic E-state index is -0.622. The summed E-state index contributed by atoms with van der Waals surface area (Å²) in [5.74, 6) is 0. The lowest BCUT2D eigenvalue weighted by Gasteiger charge is -2.28. The summed E-state index contributed by atoms with van der Waals surface area (Å²) < 4.78 is 0. The van der Waals surface area contributed by atoms with Gasteiger partial charge in [-0.1, -0.05) is 12.2 Å². The van der Waals surface area contributed by atoms with E-state index in [0.29, 0.717) is 17.6 Å². The van der Waals surface area contributed by atoms with Crippen LogP contribution in [0.15, 0.2) is 0 Å². The molecule has 3 nitrogen and oxygen atoms in total. The quantitative estimate of drug-likeness (QED) is 0.657. The first-order chi connectivity index (χ1) is 6.22. The van der Waals surface area contributed by atoms with Crippen molar-refractivity contribution in [2.24, 2.45) is 5.73 Å². The molecule has 0 heterocycles. The lowest BCUT2D eigenvalue weighted by Crippen LogP contribution is -2.40. The fourth-order valence-corrected chi connectivity index (χ4v) is 1.30. The van der Waals surface area contributed by atoms with Crippen molar-refractivity contribution in [1.29, 1.82) is 0 Å². The Morgan fingerprint density at radius 1 is 1.50 bits per heavy atom. The summed E-state index contributed by atoms with van der Waals surface area (Å²) >= 11 is 4.87. The third-order valence-corrected chi connectivity index (χ3v) is 2.23. The number of aliphatic hydroxyl groups is 1. The van der Waals surface area contributed by atoms with E-state index in [1.54, 1.807) is 0 Å². The first-order valence-corrected chi connectivity index (χ1v) is 5.38. The van der Waals surface area contributed by atoms with Gasteiger partial charge in [0, 0.05) is 19.1 Å². The fraction of sp³-hybridized carbons (Fsp3) is 0.900. The van der Waals surface area contributed by atoms with Crippen LogP contribution in [0.2, 0.25) is 0 Å². The topological polar surface area (TPSA) is 49.5 Å². The van der Waals surface area contributed by atoms with E-state index >= 15 is 0 Å². The van der Waals surface area contributed by atoms with Crippen LogP contribution in [0, 0.1) is 0 Å². The predicted molar refractivity (Wildman–Crippen MR) is 64.4 cm³/mol. The Bertz CT molecular complexity index is 187. The molecule has 0 spiro atoms. The first kappa shape index (κ1) is 13.8. The molecule has 0 aliphatic carbocycles. The Morgan fingerprint density at radius 3 is 2.29 bits per heavy atom. The van der Waals surface area contributed by atoms with E-state index in [4.69, 9.17) is 18.0 Å². The Morgan fingerprint density at radius 2 is 2.00 bits per heavy atom. The molecule has 0 fully saturated rings. The molecule has 0 unspecified atom stereocenters. The van der Waals surface area contributed by atoms with Gasteiger partial charge in [-0.05, 0) is 34.1 Å². The largest absolute Gasteiger partial charge is 0.392 e. The van der Waals surface area contributed by atoms with E-state index in [0.717, 1.165) is 13.0 Å². The van der Waals surface area contributed by atoms with Gasteiger partial charge >= 0.3 is 0 Å². The minimum absolute atomic E-state index is 0.402. The van der Waals surface area contributed by atoms with Crippen molar-refractivity contribution in [3.63, 3.8) is 0 Å². The second-order valence-corrected chi connectivity index (χ2v) is 5.12. The normalized spacial score (nSPS) is 12.5. The number of hydrogen-bond donors (Lipinski definition) is 2. The van der Waals surface area contributed by atoms with Crippen LogP contribution in [0.4, 0.5) is 0 Å². The van der Waals surface area contributed by atoms with Gasteiger partial charge in [-0.15, -0.1) is 0 Å². The number of hydrogen-bond acceptors (Lipinski definition) is 3. The molecule has 0 saturated carbocycles. The maximum Gasteiger partial charge on any atom is 0.0870 e. The van der Waals surface area contributed by atoms with E-state index in [1.807, 2.05) is 13.8 Å². The van der Waals surface area contributed by atoms with Crippen molar-refractivity contribution >= 4 is 17.2 Å². The molecule has 0 rings (SSSR count). The molecule has 0 bridgehead atoms. The number of nitrogens with zero attached hydrogens (tertiary/aromatic N) is 1. The highest BCUT2D eigenvalue weighted by Gasteiger charge is 2.17. The Labute approximate surface area is 92.3 Å². The van der Waals surface area contributed by atoms with Crippen LogP contribution in [0.25, 0.3) is 0 Å². The standard InChI is InChI=1S/C10H22N2OS/c1-8(2)12(7-9(11)14)6-5-10(3,4)13/h8,13H,5-7H2,1-4H3,(H2,11,14). The maximum atomic E-state index is 9.59. The zero-order valence-electron chi connectivity index (χ0n) is 9.58. The molecule has 0 aliphatic heterocycles. The van der Waals surface area contributed by atoms with Gasteiger partial charge in [0.15, 0.2) is 0 Å². The second kappa shape index (κ2) is 5.63. The molecular formula is C10H22N2OS. The molecular weight excluding hydrogens is 196 g/mol. The molecule has 0 aromatic rings. The average molecular weight is 218 g/mol. The van der Waals surface area contributed by atoms with Crippen molar-refractivity contribution in [2.45, 2.75) is 45.8 Å². The van der Waals surface area contributed by atoms with Gasteiger partial charge in [-0.2, -0.15) is 0 Å². The highest BCUT2D eigenvalue weighted by atomic mass is 32.1. The van der Waals surface area contributed by atoms with E-state index in [1.165, 1.54) is 0 Å². The zero-order valence-corrected chi connectivity index (χ0v) is 10.4. The molecule has 0 amide bonds. The molecule has 3 N–H and O–H groups in total. The van der Waals surface area contributed by atoms with Crippen molar-refractivity contribution in [3.8, 4) is 0 Å². The fourth-order valence-electron chi connectivity index (χ4n) is 1.14. The molecule has 0 aromatic carbocycles.